The van der Waals surface area contributed by atoms with Crippen LogP contribution in [0, 0.1) is 11.6 Å². The molecule has 0 bridgehead atoms. The van der Waals surface area contributed by atoms with E-state index in [2.05, 4.69) is 0 Å². The predicted octanol–water partition coefficient (Wildman–Crippen LogP) is 3.34. The van der Waals surface area contributed by atoms with Crippen molar-refractivity contribution < 1.29 is 13.5 Å². The second kappa shape index (κ2) is 4.18. The molecule has 2 N–H and O–H groups in total. The third-order valence-corrected chi connectivity index (χ3v) is 2.02. The zero-order chi connectivity index (χ0) is 11.5. The van der Waals surface area contributed by atoms with Crippen molar-refractivity contribution in [1.29, 1.82) is 0 Å². The molecule has 2 rings (SSSR count). The van der Waals surface area contributed by atoms with Crippen LogP contribution < -0.4 is 10.5 Å². The van der Waals surface area contributed by atoms with Crippen molar-refractivity contribution in [3.8, 4) is 11.5 Å². The van der Waals surface area contributed by atoms with Gasteiger partial charge in [0.05, 0.1) is 0 Å². The van der Waals surface area contributed by atoms with Crippen LogP contribution in [0.1, 0.15) is 0 Å². The lowest BCUT2D eigenvalue weighted by molar-refractivity contribution is 0.416. The predicted molar refractivity (Wildman–Crippen MR) is 57.3 cm³/mol. The zero-order valence-corrected chi connectivity index (χ0v) is 8.28. The second-order valence-corrected chi connectivity index (χ2v) is 3.22. The van der Waals surface area contributed by atoms with Gasteiger partial charge in [0.15, 0.2) is 11.6 Å². The number of benzene rings is 2. The molecule has 0 aliphatic carbocycles. The van der Waals surface area contributed by atoms with Gasteiger partial charge >= 0.3 is 0 Å². The molecule has 0 unspecified atom stereocenters. The van der Waals surface area contributed by atoms with Gasteiger partial charge in [0, 0.05) is 5.69 Å². The Morgan fingerprint density at radius 3 is 2.31 bits per heavy atom. The molecule has 0 spiro atoms. The highest BCUT2D eigenvalue weighted by atomic mass is 19.2. The quantitative estimate of drug-likeness (QED) is 0.789. The van der Waals surface area contributed by atoms with Crippen molar-refractivity contribution >= 4 is 5.69 Å². The van der Waals surface area contributed by atoms with Gasteiger partial charge in [-0.05, 0) is 36.4 Å². The molecule has 0 atom stereocenters. The van der Waals surface area contributed by atoms with Gasteiger partial charge in [0.2, 0.25) is 5.82 Å². The van der Waals surface area contributed by atoms with E-state index < -0.39 is 11.6 Å². The summed E-state index contributed by atoms with van der Waals surface area (Å²) in [5, 5.41) is 0. The average molecular weight is 221 g/mol. The molecule has 0 aliphatic heterocycles. The molecule has 16 heavy (non-hydrogen) atoms. The van der Waals surface area contributed by atoms with Crippen LogP contribution in [-0.4, -0.2) is 0 Å². The van der Waals surface area contributed by atoms with Gasteiger partial charge in [-0.25, -0.2) is 4.39 Å². The number of halogens is 2. The first-order chi connectivity index (χ1) is 7.66. The highest BCUT2D eigenvalue weighted by Gasteiger charge is 2.09. The van der Waals surface area contributed by atoms with E-state index >= 15 is 0 Å². The summed E-state index contributed by atoms with van der Waals surface area (Å²) in [5.41, 5.74) is 6.06. The van der Waals surface area contributed by atoms with E-state index in [1.165, 1.54) is 12.1 Å². The molecule has 0 saturated heterocycles. The van der Waals surface area contributed by atoms with Crippen molar-refractivity contribution in [2.75, 3.05) is 5.73 Å². The summed E-state index contributed by atoms with van der Waals surface area (Å²) in [5.74, 6) is -1.68. The first kappa shape index (κ1) is 10.4. The van der Waals surface area contributed by atoms with Crippen LogP contribution in [0.2, 0.25) is 0 Å². The Morgan fingerprint density at radius 2 is 1.62 bits per heavy atom. The van der Waals surface area contributed by atoms with E-state index in [1.54, 1.807) is 24.3 Å². The summed E-state index contributed by atoms with van der Waals surface area (Å²) >= 11 is 0. The van der Waals surface area contributed by atoms with Crippen LogP contribution in [0.15, 0.2) is 42.5 Å². The van der Waals surface area contributed by atoms with Crippen LogP contribution in [0.4, 0.5) is 14.5 Å². The summed E-state index contributed by atoms with van der Waals surface area (Å²) < 4.78 is 31.3. The average Bonchev–Trinajstić information content (AvgIpc) is 2.28. The fourth-order valence-corrected chi connectivity index (χ4v) is 1.23. The maximum atomic E-state index is 13.2. The van der Waals surface area contributed by atoms with Crippen molar-refractivity contribution in [1.82, 2.24) is 0 Å². The molecule has 0 amide bonds. The number of rotatable bonds is 2. The minimum atomic E-state index is -1.00. The normalized spacial score (nSPS) is 10.1. The minimum absolute atomic E-state index is 0.148. The maximum Gasteiger partial charge on any atom is 0.201 e. The fourth-order valence-electron chi connectivity index (χ4n) is 1.23. The largest absolute Gasteiger partial charge is 0.454 e. The summed E-state index contributed by atoms with van der Waals surface area (Å²) in [6.45, 7) is 0. The van der Waals surface area contributed by atoms with Gasteiger partial charge < -0.3 is 10.5 Å². The summed E-state index contributed by atoms with van der Waals surface area (Å²) in [4.78, 5) is 0. The Labute approximate surface area is 91.3 Å². The van der Waals surface area contributed by atoms with Crippen molar-refractivity contribution in [2.24, 2.45) is 0 Å². The highest BCUT2D eigenvalue weighted by Crippen LogP contribution is 2.26. The van der Waals surface area contributed by atoms with Crippen LogP contribution in [-0.2, 0) is 0 Å². The van der Waals surface area contributed by atoms with E-state index in [9.17, 15) is 8.78 Å². The molecule has 0 heterocycles. The monoisotopic (exact) mass is 221 g/mol. The lowest BCUT2D eigenvalue weighted by atomic mass is 10.3. The van der Waals surface area contributed by atoms with E-state index in [1.807, 2.05) is 0 Å². The van der Waals surface area contributed by atoms with Crippen molar-refractivity contribution in [2.45, 2.75) is 0 Å². The molecule has 4 heteroatoms. The van der Waals surface area contributed by atoms with Crippen LogP contribution in [0.25, 0.3) is 0 Å². The molecule has 2 nitrogen and oxygen atoms in total. The Hall–Kier alpha value is -2.10. The zero-order valence-electron chi connectivity index (χ0n) is 8.28. The van der Waals surface area contributed by atoms with E-state index in [-0.39, 0.29) is 5.75 Å². The molecule has 0 fully saturated rings. The summed E-state index contributed by atoms with van der Waals surface area (Å²) in [7, 11) is 0. The second-order valence-electron chi connectivity index (χ2n) is 3.22. The van der Waals surface area contributed by atoms with Gasteiger partial charge in [-0.1, -0.05) is 6.07 Å². The number of hydrogen-bond acceptors (Lipinski definition) is 2. The van der Waals surface area contributed by atoms with Gasteiger partial charge in [-0.3, -0.25) is 0 Å². The highest BCUT2D eigenvalue weighted by molar-refractivity contribution is 5.43. The number of nitrogen functional groups attached to an aromatic ring is 1. The van der Waals surface area contributed by atoms with E-state index in [0.29, 0.717) is 11.4 Å². The molecule has 0 radical (unpaired) electrons. The lowest BCUT2D eigenvalue weighted by Crippen LogP contribution is -1.91. The standard InChI is InChI=1S/C12H9F2NO/c13-10-2-1-3-11(12(10)14)16-9-6-4-8(15)5-7-9/h1-7H,15H2. The smallest absolute Gasteiger partial charge is 0.201 e. The minimum Gasteiger partial charge on any atom is -0.454 e. The maximum absolute atomic E-state index is 13.2. The van der Waals surface area contributed by atoms with E-state index in [4.69, 9.17) is 10.5 Å². The Balaban J connectivity index is 2.27. The molecule has 82 valence electrons. The molecule has 2 aromatic carbocycles. The molecule has 0 aliphatic rings. The van der Waals surface area contributed by atoms with Crippen LogP contribution >= 0.6 is 0 Å². The summed E-state index contributed by atoms with van der Waals surface area (Å²) in [6.07, 6.45) is 0. The third kappa shape index (κ3) is 2.11. The van der Waals surface area contributed by atoms with Crippen LogP contribution in [0.3, 0.4) is 0 Å². The lowest BCUT2D eigenvalue weighted by Gasteiger charge is -2.06. The molecule has 2 aromatic rings. The van der Waals surface area contributed by atoms with Gasteiger partial charge in [-0.15, -0.1) is 0 Å². The van der Waals surface area contributed by atoms with E-state index in [0.717, 1.165) is 6.07 Å². The third-order valence-electron chi connectivity index (χ3n) is 2.02. The summed E-state index contributed by atoms with van der Waals surface area (Å²) in [6, 6.07) is 10.2. The number of anilines is 1. The fraction of sp³-hybridized carbons (Fsp3) is 0. The molecule has 0 aromatic heterocycles. The first-order valence-electron chi connectivity index (χ1n) is 4.64. The Morgan fingerprint density at radius 1 is 0.938 bits per heavy atom. The number of ether oxygens (including phenoxy) is 1. The van der Waals surface area contributed by atoms with Crippen LogP contribution in [0.5, 0.6) is 11.5 Å². The number of nitrogens with two attached hydrogens (primary N) is 1. The topological polar surface area (TPSA) is 35.2 Å². The van der Waals surface area contributed by atoms with Gasteiger partial charge in [0.1, 0.15) is 5.75 Å². The Kier molecular flexibility index (Phi) is 2.72. The van der Waals surface area contributed by atoms with Crippen molar-refractivity contribution in [3.05, 3.63) is 54.1 Å². The Bertz CT molecular complexity index is 497. The van der Waals surface area contributed by atoms with Crippen molar-refractivity contribution in [3.63, 3.8) is 0 Å². The molecule has 0 saturated carbocycles. The molecular formula is C12H9F2NO. The van der Waals surface area contributed by atoms with Gasteiger partial charge in [-0.2, -0.15) is 4.39 Å². The van der Waals surface area contributed by atoms with Gasteiger partial charge in [0.25, 0.3) is 0 Å². The first-order valence-corrected chi connectivity index (χ1v) is 4.64. The number of hydrogen-bond donors (Lipinski definition) is 1. The molecular weight excluding hydrogens is 212 g/mol. The SMILES string of the molecule is Nc1ccc(Oc2cccc(F)c2F)cc1.